The molecule has 0 spiro atoms. The van der Waals surface area contributed by atoms with E-state index < -0.39 is 0 Å². The number of thioether (sulfide) groups is 1. The molecule has 1 amide bonds. The number of carbonyl (C=O) groups is 1. The number of hydrogen-bond donors (Lipinski definition) is 0. The molecule has 25 heavy (non-hydrogen) atoms. The van der Waals surface area contributed by atoms with Crippen LogP contribution in [0.1, 0.15) is 25.7 Å². The van der Waals surface area contributed by atoms with Gasteiger partial charge in [-0.3, -0.25) is 4.79 Å². The monoisotopic (exact) mass is 354 g/mol. The number of rotatable bonds is 6. The van der Waals surface area contributed by atoms with Crippen molar-refractivity contribution in [3.05, 3.63) is 42.5 Å². The van der Waals surface area contributed by atoms with Crippen molar-refractivity contribution in [2.24, 2.45) is 0 Å². The van der Waals surface area contributed by atoms with Crippen molar-refractivity contribution in [2.75, 3.05) is 31.9 Å². The third-order valence-electron chi connectivity index (χ3n) is 5.49. The Morgan fingerprint density at radius 3 is 2.68 bits per heavy atom. The number of benzene rings is 2. The summed E-state index contributed by atoms with van der Waals surface area (Å²) in [4.78, 5) is 18.3. The van der Waals surface area contributed by atoms with Gasteiger partial charge in [0.25, 0.3) is 0 Å². The molecule has 2 aromatic rings. The predicted octanol–water partition coefficient (Wildman–Crippen LogP) is 4.02. The Morgan fingerprint density at radius 1 is 1.00 bits per heavy atom. The van der Waals surface area contributed by atoms with Crippen LogP contribution in [-0.2, 0) is 4.79 Å². The second-order valence-electron chi connectivity index (χ2n) is 7.12. The lowest BCUT2D eigenvalue weighted by molar-refractivity contribution is -0.128. The molecule has 0 unspecified atom stereocenters. The Labute approximate surface area is 154 Å². The van der Waals surface area contributed by atoms with Crippen LogP contribution in [0.2, 0.25) is 0 Å². The van der Waals surface area contributed by atoms with Gasteiger partial charge in [-0.1, -0.05) is 36.4 Å². The molecule has 0 radical (unpaired) electrons. The zero-order valence-electron chi connectivity index (χ0n) is 14.7. The van der Waals surface area contributed by atoms with Crippen molar-refractivity contribution in [2.45, 2.75) is 36.6 Å². The third-order valence-corrected chi connectivity index (χ3v) is 6.71. The van der Waals surface area contributed by atoms with Crippen LogP contribution >= 0.6 is 11.8 Å². The number of likely N-dealkylation sites (tertiary alicyclic amines) is 2. The van der Waals surface area contributed by atoms with Crippen LogP contribution in [0.4, 0.5) is 0 Å². The fourth-order valence-corrected chi connectivity index (χ4v) is 5.27. The summed E-state index contributed by atoms with van der Waals surface area (Å²) in [6.07, 6.45) is 4.36. The van der Waals surface area contributed by atoms with Gasteiger partial charge in [-0.05, 0) is 49.2 Å². The maximum Gasteiger partial charge on any atom is 0.222 e. The average molecular weight is 355 g/mol. The molecule has 4 rings (SSSR count). The first-order chi connectivity index (χ1) is 12.3. The molecule has 3 nitrogen and oxygen atoms in total. The smallest absolute Gasteiger partial charge is 0.222 e. The molecule has 0 aliphatic carbocycles. The van der Waals surface area contributed by atoms with Crippen molar-refractivity contribution < 1.29 is 4.79 Å². The maximum atomic E-state index is 12.3. The predicted molar refractivity (Wildman–Crippen MR) is 105 cm³/mol. The summed E-state index contributed by atoms with van der Waals surface area (Å²) in [5, 5.41) is 2.61. The van der Waals surface area contributed by atoms with Gasteiger partial charge < -0.3 is 9.80 Å². The lowest BCUT2D eigenvalue weighted by atomic mass is 10.1. The molecule has 0 saturated carbocycles. The van der Waals surface area contributed by atoms with E-state index in [1.165, 1.54) is 41.6 Å². The first-order valence-corrected chi connectivity index (χ1v) is 10.4. The van der Waals surface area contributed by atoms with Crippen molar-refractivity contribution >= 4 is 28.4 Å². The quantitative estimate of drug-likeness (QED) is 0.732. The molecule has 2 aromatic carbocycles. The minimum Gasteiger partial charge on any atom is -0.338 e. The highest BCUT2D eigenvalue weighted by Crippen LogP contribution is 2.31. The van der Waals surface area contributed by atoms with E-state index in [9.17, 15) is 4.79 Å². The van der Waals surface area contributed by atoms with E-state index in [1.54, 1.807) is 0 Å². The fourth-order valence-electron chi connectivity index (χ4n) is 4.04. The summed E-state index contributed by atoms with van der Waals surface area (Å²) < 4.78 is 0. The van der Waals surface area contributed by atoms with Crippen LogP contribution in [0.25, 0.3) is 10.8 Å². The zero-order chi connectivity index (χ0) is 17.1. The Kier molecular flexibility index (Phi) is 5.28. The molecular weight excluding hydrogens is 328 g/mol. The van der Waals surface area contributed by atoms with Crippen molar-refractivity contribution in [3.8, 4) is 0 Å². The minimum atomic E-state index is 0.350. The average Bonchev–Trinajstić information content (AvgIpc) is 3.28. The Hall–Kier alpha value is -1.52. The molecule has 4 heteroatoms. The lowest BCUT2D eigenvalue weighted by Gasteiger charge is -2.27. The van der Waals surface area contributed by atoms with Gasteiger partial charge >= 0.3 is 0 Å². The molecule has 132 valence electrons. The largest absolute Gasteiger partial charge is 0.338 e. The van der Waals surface area contributed by atoms with Gasteiger partial charge in [0.1, 0.15) is 0 Å². The zero-order valence-corrected chi connectivity index (χ0v) is 15.5. The number of fused-ring (bicyclic) bond motifs is 1. The summed E-state index contributed by atoms with van der Waals surface area (Å²) in [6, 6.07) is 15.5. The number of amides is 1. The number of nitrogens with zero attached hydrogens (tertiary/aromatic N) is 2. The van der Waals surface area contributed by atoms with Crippen LogP contribution in [0, 0.1) is 0 Å². The van der Waals surface area contributed by atoms with Crippen molar-refractivity contribution in [1.29, 1.82) is 0 Å². The molecule has 2 aliphatic rings. The highest BCUT2D eigenvalue weighted by Gasteiger charge is 2.31. The first kappa shape index (κ1) is 16.9. The van der Waals surface area contributed by atoms with Crippen LogP contribution in [-0.4, -0.2) is 53.7 Å². The molecule has 0 aromatic heterocycles. The molecule has 0 N–H and O–H groups in total. The topological polar surface area (TPSA) is 23.6 Å². The van der Waals surface area contributed by atoms with Crippen LogP contribution in [0.15, 0.2) is 47.4 Å². The molecular formula is C21H26N2OS. The summed E-state index contributed by atoms with van der Waals surface area (Å²) in [6.45, 7) is 4.36. The SMILES string of the molecule is O=C1CC[C@@H](CSc2cccc3ccccc23)N1CCN1CCCC1. The summed E-state index contributed by atoms with van der Waals surface area (Å²) >= 11 is 1.90. The lowest BCUT2D eigenvalue weighted by Crippen LogP contribution is -2.40. The summed E-state index contributed by atoms with van der Waals surface area (Å²) in [5.41, 5.74) is 0. The van der Waals surface area contributed by atoms with E-state index >= 15 is 0 Å². The molecule has 2 fully saturated rings. The Balaban J connectivity index is 1.39. The van der Waals surface area contributed by atoms with Gasteiger partial charge in [0.15, 0.2) is 0 Å². The minimum absolute atomic E-state index is 0.350. The highest BCUT2D eigenvalue weighted by atomic mass is 32.2. The van der Waals surface area contributed by atoms with Crippen molar-refractivity contribution in [3.63, 3.8) is 0 Å². The van der Waals surface area contributed by atoms with Crippen LogP contribution < -0.4 is 0 Å². The van der Waals surface area contributed by atoms with Crippen LogP contribution in [0.3, 0.4) is 0 Å². The van der Waals surface area contributed by atoms with E-state index in [-0.39, 0.29) is 0 Å². The molecule has 2 saturated heterocycles. The second kappa shape index (κ2) is 7.79. The fraction of sp³-hybridized carbons (Fsp3) is 0.476. The van der Waals surface area contributed by atoms with Gasteiger partial charge in [-0.2, -0.15) is 0 Å². The number of hydrogen-bond acceptors (Lipinski definition) is 3. The Bertz CT molecular complexity index is 736. The Morgan fingerprint density at radius 2 is 1.80 bits per heavy atom. The van der Waals surface area contributed by atoms with E-state index in [0.29, 0.717) is 11.9 Å². The van der Waals surface area contributed by atoms with Gasteiger partial charge in [0.2, 0.25) is 5.91 Å². The summed E-state index contributed by atoms with van der Waals surface area (Å²) in [5.74, 6) is 1.35. The first-order valence-electron chi connectivity index (χ1n) is 9.44. The van der Waals surface area contributed by atoms with E-state index in [1.807, 2.05) is 11.8 Å². The highest BCUT2D eigenvalue weighted by molar-refractivity contribution is 7.99. The van der Waals surface area contributed by atoms with Gasteiger partial charge in [0, 0.05) is 36.2 Å². The standard InChI is InChI=1S/C21H26N2OS/c24-21-11-10-18(23(21)15-14-22-12-3-4-13-22)16-25-20-9-5-7-17-6-1-2-8-19(17)20/h1-2,5-9,18H,3-4,10-16H2/t18-/m0/s1. The number of carbonyl (C=O) groups excluding carboxylic acids is 1. The van der Waals surface area contributed by atoms with Gasteiger partial charge in [-0.15, -0.1) is 11.8 Å². The maximum absolute atomic E-state index is 12.3. The second-order valence-corrected chi connectivity index (χ2v) is 8.18. The van der Waals surface area contributed by atoms with Gasteiger partial charge in [-0.25, -0.2) is 0 Å². The van der Waals surface area contributed by atoms with E-state index in [0.717, 1.165) is 31.7 Å². The molecule has 2 heterocycles. The van der Waals surface area contributed by atoms with Crippen LogP contribution in [0.5, 0.6) is 0 Å². The summed E-state index contributed by atoms with van der Waals surface area (Å²) in [7, 11) is 0. The van der Waals surface area contributed by atoms with Crippen molar-refractivity contribution in [1.82, 2.24) is 9.80 Å². The normalized spacial score (nSPS) is 21.5. The van der Waals surface area contributed by atoms with E-state index in [4.69, 9.17) is 0 Å². The molecule has 1 atom stereocenters. The third kappa shape index (κ3) is 3.85. The van der Waals surface area contributed by atoms with Gasteiger partial charge in [0.05, 0.1) is 0 Å². The van der Waals surface area contributed by atoms with E-state index in [2.05, 4.69) is 52.3 Å². The molecule has 2 aliphatic heterocycles. The molecule has 0 bridgehead atoms.